The van der Waals surface area contributed by atoms with Crippen LogP contribution in [0.4, 0.5) is 0 Å². The molecule has 1 rings (SSSR count). The summed E-state index contributed by atoms with van der Waals surface area (Å²) in [7, 11) is 0. The fraction of sp³-hybridized carbons (Fsp3) is 0.650. The third-order valence-electron chi connectivity index (χ3n) is 4.23. The molecule has 0 unspecified atom stereocenters. The molecule has 0 saturated carbocycles. The Morgan fingerprint density at radius 3 is 2.17 bits per heavy atom. The maximum atomic E-state index is 11.6. The highest BCUT2D eigenvalue weighted by Crippen LogP contribution is 2.13. The summed E-state index contributed by atoms with van der Waals surface area (Å²) in [6.07, 6.45) is 4.80. The van der Waals surface area contributed by atoms with Crippen molar-refractivity contribution in [2.75, 3.05) is 26.2 Å². The van der Waals surface area contributed by atoms with Crippen LogP contribution in [0, 0.1) is 0 Å². The van der Waals surface area contributed by atoms with Gasteiger partial charge in [0.2, 0.25) is 0 Å². The van der Waals surface area contributed by atoms with Crippen LogP contribution in [0.3, 0.4) is 0 Å². The van der Waals surface area contributed by atoms with Crippen LogP contribution in [-0.4, -0.2) is 43.2 Å². The molecule has 4 heteroatoms. The Morgan fingerprint density at radius 2 is 1.67 bits per heavy atom. The molecule has 0 bridgehead atoms. The number of unbranched alkanes of at least 4 members (excludes halogenated alkanes) is 2. The molecule has 0 spiro atoms. The maximum absolute atomic E-state index is 11.6. The average molecular weight is 336 g/mol. The second-order valence-corrected chi connectivity index (χ2v) is 6.43. The number of ketones is 1. The zero-order valence-electron chi connectivity index (χ0n) is 15.5. The van der Waals surface area contributed by atoms with Crippen LogP contribution >= 0.6 is 0 Å². The van der Waals surface area contributed by atoms with E-state index in [-0.39, 0.29) is 5.78 Å². The number of carbonyl (C=O) groups excluding carboxylic acids is 1. The Morgan fingerprint density at radius 1 is 1.08 bits per heavy atom. The molecule has 136 valence electrons. The normalized spacial score (nSPS) is 12.4. The van der Waals surface area contributed by atoms with Gasteiger partial charge in [-0.05, 0) is 37.1 Å². The van der Waals surface area contributed by atoms with Crippen molar-refractivity contribution in [3.05, 3.63) is 29.8 Å². The van der Waals surface area contributed by atoms with Crippen molar-refractivity contribution in [1.29, 1.82) is 0 Å². The van der Waals surface area contributed by atoms with Gasteiger partial charge in [-0.1, -0.05) is 33.6 Å². The lowest BCUT2D eigenvalue weighted by Gasteiger charge is -2.22. The quantitative estimate of drug-likeness (QED) is 0.544. The van der Waals surface area contributed by atoms with Gasteiger partial charge in [-0.2, -0.15) is 0 Å². The average Bonchev–Trinajstić information content (AvgIpc) is 2.61. The van der Waals surface area contributed by atoms with Gasteiger partial charge in [0, 0.05) is 12.0 Å². The lowest BCUT2D eigenvalue weighted by molar-refractivity contribution is -0.903. The Labute approximate surface area is 146 Å². The molecule has 1 aromatic carbocycles. The number of aliphatic hydroxyl groups is 1. The SMILES string of the molecule is CCCC[NH+](CCCC)C[C@@H](O)COc1ccc(C(=O)CC)cc1. The molecule has 0 radical (unpaired) electrons. The molecule has 0 saturated heterocycles. The highest BCUT2D eigenvalue weighted by Gasteiger charge is 2.15. The minimum atomic E-state index is -0.467. The predicted octanol–water partition coefficient (Wildman–Crippen LogP) is 2.50. The van der Waals surface area contributed by atoms with E-state index in [9.17, 15) is 9.90 Å². The molecule has 24 heavy (non-hydrogen) atoms. The summed E-state index contributed by atoms with van der Waals surface area (Å²) >= 11 is 0. The number of rotatable bonds is 13. The summed E-state index contributed by atoms with van der Waals surface area (Å²) in [5.41, 5.74) is 0.708. The molecule has 0 aliphatic carbocycles. The second-order valence-electron chi connectivity index (χ2n) is 6.43. The number of Topliss-reactive ketones (excluding diaryl/α,β-unsaturated/α-hetero) is 1. The molecular weight excluding hydrogens is 302 g/mol. The lowest BCUT2D eigenvalue weighted by atomic mass is 10.1. The van der Waals surface area contributed by atoms with E-state index in [0.29, 0.717) is 24.3 Å². The van der Waals surface area contributed by atoms with Crippen molar-refractivity contribution in [2.24, 2.45) is 0 Å². The van der Waals surface area contributed by atoms with Gasteiger partial charge in [-0.15, -0.1) is 0 Å². The van der Waals surface area contributed by atoms with Gasteiger partial charge in [0.25, 0.3) is 0 Å². The first-order valence-electron chi connectivity index (χ1n) is 9.38. The summed E-state index contributed by atoms with van der Waals surface area (Å²) in [6.45, 7) is 9.50. The molecule has 1 atom stereocenters. The Kier molecular flexibility index (Phi) is 10.4. The zero-order chi connectivity index (χ0) is 17.8. The molecule has 1 aromatic rings. The van der Waals surface area contributed by atoms with E-state index >= 15 is 0 Å². The van der Waals surface area contributed by atoms with Crippen LogP contribution in [0.2, 0.25) is 0 Å². The Balaban J connectivity index is 2.42. The van der Waals surface area contributed by atoms with Crippen LogP contribution in [-0.2, 0) is 0 Å². The largest absolute Gasteiger partial charge is 0.491 e. The highest BCUT2D eigenvalue weighted by molar-refractivity contribution is 5.95. The first-order chi connectivity index (χ1) is 11.6. The van der Waals surface area contributed by atoms with Gasteiger partial charge in [0.05, 0.1) is 13.1 Å². The highest BCUT2D eigenvalue weighted by atomic mass is 16.5. The number of nitrogens with one attached hydrogen (secondary N) is 1. The van der Waals surface area contributed by atoms with Gasteiger partial charge in [0.15, 0.2) is 5.78 Å². The first kappa shape index (κ1) is 20.7. The standard InChI is InChI=1S/C20H33NO3/c1-4-7-13-21(14-8-5-2)15-18(22)16-24-19-11-9-17(10-12-19)20(23)6-3/h9-12,18,22H,4-8,13-16H2,1-3H3/p+1/t18-/m1/s1. The first-order valence-corrected chi connectivity index (χ1v) is 9.38. The molecule has 0 aliphatic heterocycles. The number of hydrogen-bond donors (Lipinski definition) is 2. The van der Waals surface area contributed by atoms with Gasteiger partial charge in [0.1, 0.15) is 25.0 Å². The van der Waals surface area contributed by atoms with E-state index in [1.807, 2.05) is 6.92 Å². The minimum absolute atomic E-state index is 0.132. The van der Waals surface area contributed by atoms with E-state index in [1.165, 1.54) is 30.6 Å². The fourth-order valence-electron chi connectivity index (χ4n) is 2.71. The van der Waals surface area contributed by atoms with Crippen molar-refractivity contribution in [3.63, 3.8) is 0 Å². The van der Waals surface area contributed by atoms with Crippen LogP contribution in [0.5, 0.6) is 5.75 Å². The van der Waals surface area contributed by atoms with Crippen LogP contribution in [0.25, 0.3) is 0 Å². The maximum Gasteiger partial charge on any atom is 0.162 e. The monoisotopic (exact) mass is 336 g/mol. The third kappa shape index (κ3) is 7.93. The number of quaternary nitrogens is 1. The Hall–Kier alpha value is -1.39. The van der Waals surface area contributed by atoms with Crippen LogP contribution < -0.4 is 9.64 Å². The van der Waals surface area contributed by atoms with E-state index in [0.717, 1.165) is 19.6 Å². The molecule has 0 aliphatic rings. The zero-order valence-corrected chi connectivity index (χ0v) is 15.5. The van der Waals surface area contributed by atoms with Crippen LogP contribution in [0.15, 0.2) is 24.3 Å². The van der Waals surface area contributed by atoms with E-state index in [2.05, 4.69) is 13.8 Å². The van der Waals surface area contributed by atoms with Gasteiger partial charge < -0.3 is 14.7 Å². The van der Waals surface area contributed by atoms with Crippen molar-refractivity contribution in [2.45, 2.75) is 59.0 Å². The predicted molar refractivity (Wildman–Crippen MR) is 97.9 cm³/mol. The summed E-state index contributed by atoms with van der Waals surface area (Å²) in [5.74, 6) is 0.832. The van der Waals surface area contributed by atoms with Crippen molar-refractivity contribution < 1.29 is 19.5 Å². The number of aliphatic hydroxyl groups excluding tert-OH is 1. The molecule has 0 heterocycles. The van der Waals surface area contributed by atoms with Crippen molar-refractivity contribution >= 4 is 5.78 Å². The molecule has 0 fully saturated rings. The van der Waals surface area contributed by atoms with Crippen LogP contribution in [0.1, 0.15) is 63.2 Å². The topological polar surface area (TPSA) is 51.0 Å². The van der Waals surface area contributed by atoms with E-state index in [4.69, 9.17) is 4.74 Å². The summed E-state index contributed by atoms with van der Waals surface area (Å²) in [6, 6.07) is 7.17. The third-order valence-corrected chi connectivity index (χ3v) is 4.23. The fourth-order valence-corrected chi connectivity index (χ4v) is 2.71. The molecule has 0 amide bonds. The number of ether oxygens (including phenoxy) is 1. The molecule has 0 aromatic heterocycles. The lowest BCUT2D eigenvalue weighted by Crippen LogP contribution is -3.13. The second kappa shape index (κ2) is 12.0. The summed E-state index contributed by atoms with van der Waals surface area (Å²) in [4.78, 5) is 13.1. The smallest absolute Gasteiger partial charge is 0.162 e. The van der Waals surface area contributed by atoms with Gasteiger partial charge in [-0.3, -0.25) is 4.79 Å². The van der Waals surface area contributed by atoms with Gasteiger partial charge in [-0.25, -0.2) is 0 Å². The molecule has 2 N–H and O–H groups in total. The molecule has 4 nitrogen and oxygen atoms in total. The van der Waals surface area contributed by atoms with Crippen molar-refractivity contribution in [3.8, 4) is 5.75 Å². The van der Waals surface area contributed by atoms with E-state index in [1.54, 1.807) is 24.3 Å². The van der Waals surface area contributed by atoms with Gasteiger partial charge >= 0.3 is 0 Å². The van der Waals surface area contributed by atoms with E-state index < -0.39 is 6.10 Å². The summed E-state index contributed by atoms with van der Waals surface area (Å²) < 4.78 is 5.67. The minimum Gasteiger partial charge on any atom is -0.491 e. The molecular formula is C20H34NO3+. The Bertz CT molecular complexity index is 450. The number of hydrogen-bond acceptors (Lipinski definition) is 3. The number of benzene rings is 1. The summed E-state index contributed by atoms with van der Waals surface area (Å²) in [5, 5.41) is 10.3. The van der Waals surface area contributed by atoms with Crippen molar-refractivity contribution in [1.82, 2.24) is 0 Å². The number of carbonyl (C=O) groups is 1.